The highest BCUT2D eigenvalue weighted by Gasteiger charge is 2.12. The van der Waals surface area contributed by atoms with E-state index in [9.17, 15) is 4.79 Å². The smallest absolute Gasteiger partial charge is 0.119 e. The summed E-state index contributed by atoms with van der Waals surface area (Å²) < 4.78 is 5.61. The molecular weight excluding hydrogens is 164 g/mol. The van der Waals surface area contributed by atoms with Crippen molar-refractivity contribution < 1.29 is 9.53 Å². The third kappa shape index (κ3) is 5.04. The number of ether oxygens (including phenoxy) is 1. The Morgan fingerprint density at radius 3 is 2.85 bits per heavy atom. The van der Waals surface area contributed by atoms with Crippen LogP contribution in [0.4, 0.5) is 0 Å². The molecule has 1 aliphatic heterocycles. The highest BCUT2D eigenvalue weighted by molar-refractivity contribution is 5.48. The van der Waals surface area contributed by atoms with Crippen LogP contribution in [0.2, 0.25) is 0 Å². The van der Waals surface area contributed by atoms with Crippen molar-refractivity contribution in [3.63, 3.8) is 0 Å². The van der Waals surface area contributed by atoms with Crippen LogP contribution in [-0.2, 0) is 9.53 Å². The summed E-state index contributed by atoms with van der Waals surface area (Å²) in [6, 6.07) is 0. The molecule has 1 rings (SSSR count). The Hall–Kier alpha value is -0.370. The summed E-state index contributed by atoms with van der Waals surface area (Å²) in [5, 5.41) is 0. The van der Waals surface area contributed by atoms with Crippen molar-refractivity contribution in [1.29, 1.82) is 0 Å². The van der Waals surface area contributed by atoms with Gasteiger partial charge in [0.1, 0.15) is 6.29 Å². The van der Waals surface area contributed by atoms with Crippen LogP contribution < -0.4 is 0 Å². The maximum Gasteiger partial charge on any atom is 0.119 e. The maximum absolute atomic E-state index is 10.0. The van der Waals surface area contributed by atoms with Gasteiger partial charge in [0.05, 0.1) is 6.10 Å². The van der Waals surface area contributed by atoms with E-state index < -0.39 is 0 Å². The van der Waals surface area contributed by atoms with Gasteiger partial charge in [0.15, 0.2) is 0 Å². The number of unbranched alkanes of at least 4 members (excludes halogenated alkanes) is 3. The molecule has 1 unspecified atom stereocenters. The van der Waals surface area contributed by atoms with Crippen LogP contribution in [-0.4, -0.2) is 19.0 Å². The molecule has 1 heterocycles. The number of hydrogen-bond acceptors (Lipinski definition) is 2. The topological polar surface area (TPSA) is 26.3 Å². The van der Waals surface area contributed by atoms with Gasteiger partial charge in [-0.05, 0) is 32.1 Å². The minimum atomic E-state index is 0.519. The van der Waals surface area contributed by atoms with Crippen molar-refractivity contribution in [2.24, 2.45) is 0 Å². The molecule has 0 aromatic rings. The average Bonchev–Trinajstić information content (AvgIpc) is 2.19. The van der Waals surface area contributed by atoms with Gasteiger partial charge in [-0.15, -0.1) is 0 Å². The standard InChI is InChI=1S/C11H20O2/c12-9-5-2-1-3-7-11-8-4-6-10-13-11/h9,11H,1-8,10H2. The third-order valence-corrected chi connectivity index (χ3v) is 2.62. The van der Waals surface area contributed by atoms with Crippen molar-refractivity contribution >= 4 is 6.29 Å². The van der Waals surface area contributed by atoms with Gasteiger partial charge < -0.3 is 9.53 Å². The van der Waals surface area contributed by atoms with Crippen LogP contribution in [0.3, 0.4) is 0 Å². The fourth-order valence-corrected chi connectivity index (χ4v) is 1.81. The Bertz CT molecular complexity index is 128. The van der Waals surface area contributed by atoms with E-state index >= 15 is 0 Å². The van der Waals surface area contributed by atoms with Gasteiger partial charge in [-0.1, -0.05) is 12.8 Å². The molecule has 0 N–H and O–H groups in total. The lowest BCUT2D eigenvalue weighted by Crippen LogP contribution is -2.18. The van der Waals surface area contributed by atoms with Crippen molar-refractivity contribution in [3.05, 3.63) is 0 Å². The van der Waals surface area contributed by atoms with Crippen molar-refractivity contribution in [3.8, 4) is 0 Å². The first-order valence-corrected chi connectivity index (χ1v) is 5.48. The van der Waals surface area contributed by atoms with Crippen LogP contribution in [0.1, 0.15) is 51.4 Å². The molecule has 0 amide bonds. The summed E-state index contributed by atoms with van der Waals surface area (Å²) in [6.07, 6.45) is 10.7. The number of aldehydes is 1. The molecule has 1 fully saturated rings. The molecule has 13 heavy (non-hydrogen) atoms. The van der Waals surface area contributed by atoms with Crippen LogP contribution in [0.15, 0.2) is 0 Å². The van der Waals surface area contributed by atoms with Gasteiger partial charge in [0.25, 0.3) is 0 Å². The zero-order valence-corrected chi connectivity index (χ0v) is 8.34. The zero-order chi connectivity index (χ0) is 9.36. The first-order chi connectivity index (χ1) is 6.43. The fraction of sp³-hybridized carbons (Fsp3) is 0.909. The lowest BCUT2D eigenvalue weighted by atomic mass is 10.0. The quantitative estimate of drug-likeness (QED) is 0.468. The Morgan fingerprint density at radius 2 is 2.15 bits per heavy atom. The first-order valence-electron chi connectivity index (χ1n) is 5.48. The third-order valence-electron chi connectivity index (χ3n) is 2.62. The Labute approximate surface area is 80.7 Å². The maximum atomic E-state index is 10.0. The Morgan fingerprint density at radius 1 is 1.23 bits per heavy atom. The largest absolute Gasteiger partial charge is 0.378 e. The summed E-state index contributed by atoms with van der Waals surface area (Å²) in [5.41, 5.74) is 0. The summed E-state index contributed by atoms with van der Waals surface area (Å²) >= 11 is 0. The van der Waals surface area contributed by atoms with Gasteiger partial charge in [-0.25, -0.2) is 0 Å². The summed E-state index contributed by atoms with van der Waals surface area (Å²) in [4.78, 5) is 10.0. The number of carbonyl (C=O) groups is 1. The molecule has 2 heteroatoms. The summed E-state index contributed by atoms with van der Waals surface area (Å²) in [5.74, 6) is 0. The molecule has 0 bridgehead atoms. The second kappa shape index (κ2) is 7.07. The number of hydrogen-bond donors (Lipinski definition) is 0. The lowest BCUT2D eigenvalue weighted by molar-refractivity contribution is -0.107. The SMILES string of the molecule is O=CCCCCCC1CCCCO1. The van der Waals surface area contributed by atoms with Crippen molar-refractivity contribution in [2.45, 2.75) is 57.5 Å². The van der Waals surface area contributed by atoms with Crippen LogP contribution >= 0.6 is 0 Å². The predicted octanol–water partition coefficient (Wildman–Crippen LogP) is 2.70. The van der Waals surface area contributed by atoms with E-state index in [1.165, 1.54) is 38.5 Å². The Kier molecular flexibility index (Phi) is 5.83. The van der Waals surface area contributed by atoms with E-state index in [0.29, 0.717) is 6.10 Å². The predicted molar refractivity (Wildman–Crippen MR) is 52.7 cm³/mol. The summed E-state index contributed by atoms with van der Waals surface area (Å²) in [6.45, 7) is 0.957. The molecule has 76 valence electrons. The highest BCUT2D eigenvalue weighted by Crippen LogP contribution is 2.18. The molecule has 1 atom stereocenters. The van der Waals surface area contributed by atoms with E-state index in [0.717, 1.165) is 25.7 Å². The van der Waals surface area contributed by atoms with Gasteiger partial charge in [-0.3, -0.25) is 0 Å². The average molecular weight is 184 g/mol. The van der Waals surface area contributed by atoms with E-state index in [-0.39, 0.29) is 0 Å². The highest BCUT2D eigenvalue weighted by atomic mass is 16.5. The molecule has 0 saturated carbocycles. The normalized spacial score (nSPS) is 22.9. The molecule has 0 aromatic heterocycles. The van der Waals surface area contributed by atoms with Crippen molar-refractivity contribution in [1.82, 2.24) is 0 Å². The fourth-order valence-electron chi connectivity index (χ4n) is 1.81. The molecule has 0 spiro atoms. The van der Waals surface area contributed by atoms with Gasteiger partial charge >= 0.3 is 0 Å². The van der Waals surface area contributed by atoms with Gasteiger partial charge in [-0.2, -0.15) is 0 Å². The minimum absolute atomic E-state index is 0.519. The van der Waals surface area contributed by atoms with E-state index in [1.54, 1.807) is 0 Å². The second-order valence-corrected chi connectivity index (χ2v) is 3.79. The molecule has 1 aliphatic rings. The lowest BCUT2D eigenvalue weighted by Gasteiger charge is -2.22. The van der Waals surface area contributed by atoms with E-state index in [2.05, 4.69) is 0 Å². The molecule has 0 radical (unpaired) electrons. The van der Waals surface area contributed by atoms with Gasteiger partial charge in [0, 0.05) is 13.0 Å². The zero-order valence-electron chi connectivity index (χ0n) is 8.34. The monoisotopic (exact) mass is 184 g/mol. The van der Waals surface area contributed by atoms with Crippen LogP contribution in [0, 0.1) is 0 Å². The Balaban J connectivity index is 1.89. The number of carbonyl (C=O) groups excluding carboxylic acids is 1. The van der Waals surface area contributed by atoms with E-state index in [4.69, 9.17) is 4.74 Å². The molecule has 0 aliphatic carbocycles. The molecule has 0 aromatic carbocycles. The van der Waals surface area contributed by atoms with Crippen molar-refractivity contribution in [2.75, 3.05) is 6.61 Å². The first kappa shape index (κ1) is 10.7. The van der Waals surface area contributed by atoms with Crippen LogP contribution in [0.25, 0.3) is 0 Å². The molecule has 2 nitrogen and oxygen atoms in total. The summed E-state index contributed by atoms with van der Waals surface area (Å²) in [7, 11) is 0. The second-order valence-electron chi connectivity index (χ2n) is 3.79. The number of rotatable bonds is 6. The molecular formula is C11H20O2. The van der Waals surface area contributed by atoms with Crippen LogP contribution in [0.5, 0.6) is 0 Å². The molecule has 1 saturated heterocycles. The van der Waals surface area contributed by atoms with E-state index in [1.807, 2.05) is 0 Å². The van der Waals surface area contributed by atoms with Gasteiger partial charge in [0.2, 0.25) is 0 Å². The minimum Gasteiger partial charge on any atom is -0.378 e.